The molecule has 3 heteroatoms. The number of benzene rings is 1. The maximum atomic E-state index is 5.45. The monoisotopic (exact) mass is 336 g/mol. The number of methoxy groups -OCH3 is 1. The first kappa shape index (κ1) is 16.6. The summed E-state index contributed by atoms with van der Waals surface area (Å²) in [6, 6.07) is 8.91. The van der Waals surface area contributed by atoms with E-state index in [9.17, 15) is 0 Å². The number of hydrogen-bond acceptors (Lipinski definition) is 3. The van der Waals surface area contributed by atoms with E-state index in [1.165, 1.54) is 43.3 Å². The van der Waals surface area contributed by atoms with Crippen LogP contribution in [-0.4, -0.2) is 36.1 Å². The maximum absolute atomic E-state index is 5.45. The zero-order chi connectivity index (χ0) is 17.4. The minimum Gasteiger partial charge on any atom is -0.497 e. The summed E-state index contributed by atoms with van der Waals surface area (Å²) in [5, 5.41) is 1.20. The highest BCUT2D eigenvalue weighted by Gasteiger charge is 2.42. The van der Waals surface area contributed by atoms with Crippen LogP contribution in [0.1, 0.15) is 37.7 Å². The average Bonchev–Trinajstić information content (AvgIpc) is 2.68. The Bertz CT molecular complexity index is 772. The van der Waals surface area contributed by atoms with Gasteiger partial charge in [0.25, 0.3) is 0 Å². The molecule has 1 aromatic heterocycles. The smallest absolute Gasteiger partial charge is 0.119 e. The van der Waals surface area contributed by atoms with Gasteiger partial charge in [-0.3, -0.25) is 9.88 Å². The van der Waals surface area contributed by atoms with Gasteiger partial charge in [-0.05, 0) is 61.1 Å². The van der Waals surface area contributed by atoms with E-state index in [4.69, 9.17) is 4.74 Å². The van der Waals surface area contributed by atoms with Crippen molar-refractivity contribution in [3.63, 3.8) is 0 Å². The van der Waals surface area contributed by atoms with E-state index in [2.05, 4.69) is 47.7 Å². The molecule has 132 valence electrons. The van der Waals surface area contributed by atoms with Crippen LogP contribution in [0.2, 0.25) is 0 Å². The summed E-state index contributed by atoms with van der Waals surface area (Å²) < 4.78 is 5.45. The van der Waals surface area contributed by atoms with Crippen LogP contribution in [0, 0.1) is 11.8 Å². The normalized spacial score (nSPS) is 29.5. The molecule has 3 aliphatic rings. The van der Waals surface area contributed by atoms with Crippen LogP contribution >= 0.6 is 0 Å². The summed E-state index contributed by atoms with van der Waals surface area (Å²) in [7, 11) is 1.72. The quantitative estimate of drug-likeness (QED) is 0.744. The van der Waals surface area contributed by atoms with Crippen LogP contribution in [0.15, 0.2) is 43.1 Å². The molecule has 5 rings (SSSR count). The molecule has 3 saturated heterocycles. The molecule has 0 N–H and O–H groups in total. The predicted molar refractivity (Wildman–Crippen MR) is 103 cm³/mol. The minimum atomic E-state index is 0.346. The topological polar surface area (TPSA) is 25.4 Å². The Morgan fingerprint density at radius 2 is 2.28 bits per heavy atom. The molecule has 1 aromatic carbocycles. The second-order valence-electron chi connectivity index (χ2n) is 7.56. The number of ether oxygens (including phenoxy) is 1. The average molecular weight is 336 g/mol. The lowest BCUT2D eigenvalue weighted by Gasteiger charge is -2.52. The fourth-order valence-corrected chi connectivity index (χ4v) is 5.07. The van der Waals surface area contributed by atoms with Crippen molar-refractivity contribution in [2.45, 2.75) is 38.1 Å². The van der Waals surface area contributed by atoms with Gasteiger partial charge in [-0.15, -0.1) is 6.58 Å². The zero-order valence-corrected chi connectivity index (χ0v) is 15.3. The second-order valence-corrected chi connectivity index (χ2v) is 7.56. The van der Waals surface area contributed by atoms with Crippen LogP contribution in [0.5, 0.6) is 5.75 Å². The van der Waals surface area contributed by atoms with E-state index < -0.39 is 0 Å². The lowest BCUT2D eigenvalue weighted by Crippen LogP contribution is -2.54. The Hall–Kier alpha value is -1.87. The molecule has 4 heterocycles. The van der Waals surface area contributed by atoms with Gasteiger partial charge in [0.2, 0.25) is 0 Å². The molecular weight excluding hydrogens is 308 g/mol. The molecule has 5 atom stereocenters. The van der Waals surface area contributed by atoms with Crippen molar-refractivity contribution >= 4 is 10.9 Å². The lowest BCUT2D eigenvalue weighted by atomic mass is 9.70. The van der Waals surface area contributed by atoms with Gasteiger partial charge in [0.15, 0.2) is 0 Å². The van der Waals surface area contributed by atoms with E-state index in [0.717, 1.165) is 23.1 Å². The van der Waals surface area contributed by atoms with E-state index in [-0.39, 0.29) is 0 Å². The third-order valence-corrected chi connectivity index (χ3v) is 6.47. The van der Waals surface area contributed by atoms with Crippen molar-refractivity contribution in [2.24, 2.45) is 11.8 Å². The molecule has 2 aromatic rings. The Morgan fingerprint density at radius 3 is 2.96 bits per heavy atom. The summed E-state index contributed by atoms with van der Waals surface area (Å²) in [5.41, 5.74) is 2.37. The number of piperidine rings is 3. The number of hydrogen-bond donors (Lipinski definition) is 0. The van der Waals surface area contributed by atoms with Crippen LogP contribution in [-0.2, 0) is 0 Å². The van der Waals surface area contributed by atoms with Gasteiger partial charge >= 0.3 is 0 Å². The Kier molecular flexibility index (Phi) is 4.51. The van der Waals surface area contributed by atoms with Crippen molar-refractivity contribution in [1.29, 1.82) is 0 Å². The van der Waals surface area contributed by atoms with Crippen LogP contribution in [0.25, 0.3) is 10.9 Å². The first-order valence-corrected chi connectivity index (χ1v) is 9.54. The first-order chi connectivity index (χ1) is 12.2. The van der Waals surface area contributed by atoms with Crippen molar-refractivity contribution in [2.75, 3.05) is 20.2 Å². The second kappa shape index (κ2) is 6.80. The lowest BCUT2D eigenvalue weighted by molar-refractivity contribution is -0.00548. The highest BCUT2D eigenvalue weighted by atomic mass is 16.5. The Balaban J connectivity index is 1.72. The van der Waals surface area contributed by atoms with Gasteiger partial charge in [-0.25, -0.2) is 0 Å². The van der Waals surface area contributed by atoms with Crippen LogP contribution in [0.4, 0.5) is 0 Å². The highest BCUT2D eigenvalue weighted by molar-refractivity contribution is 5.84. The molecule has 1 unspecified atom stereocenters. The van der Waals surface area contributed by atoms with Crippen molar-refractivity contribution in [1.82, 2.24) is 9.88 Å². The minimum absolute atomic E-state index is 0.346. The fourth-order valence-electron chi connectivity index (χ4n) is 5.07. The zero-order valence-electron chi connectivity index (χ0n) is 15.3. The molecule has 2 bridgehead atoms. The molecule has 0 saturated carbocycles. The molecule has 0 radical (unpaired) electrons. The summed E-state index contributed by atoms with van der Waals surface area (Å²) in [6.07, 6.45) is 8.06. The van der Waals surface area contributed by atoms with Gasteiger partial charge in [-0.1, -0.05) is 19.4 Å². The molecule has 0 spiro atoms. The molecule has 0 amide bonds. The summed E-state index contributed by atoms with van der Waals surface area (Å²) in [5.74, 6) is 2.99. The van der Waals surface area contributed by atoms with Crippen LogP contribution < -0.4 is 4.74 Å². The molecule has 3 aliphatic heterocycles. The molecule has 25 heavy (non-hydrogen) atoms. The third-order valence-electron chi connectivity index (χ3n) is 6.47. The molecule has 3 fully saturated rings. The Labute approximate surface area is 150 Å². The number of aromatic nitrogens is 1. The van der Waals surface area contributed by atoms with Crippen molar-refractivity contribution in [3.05, 3.63) is 48.7 Å². The number of fused-ring (bicyclic) bond motifs is 4. The summed E-state index contributed by atoms with van der Waals surface area (Å²) in [6.45, 7) is 9.04. The van der Waals surface area contributed by atoms with Crippen molar-refractivity contribution in [3.8, 4) is 5.75 Å². The fraction of sp³-hybridized carbons (Fsp3) is 0.500. The first-order valence-electron chi connectivity index (χ1n) is 9.54. The standard InChI is InChI=1S/C22H28N2O/c1-4-15-14-24-11-9-16(15)12-22(24)18(5-2)19-8-10-23-21-7-6-17(25-3)13-20(19)21/h5-8,10,13,15-16,18,22H,2,4,9,11-12,14H2,1,3H3/t15-,16-,18-,22-/m0/s1. The van der Waals surface area contributed by atoms with Crippen LogP contribution in [0.3, 0.4) is 0 Å². The Morgan fingerprint density at radius 1 is 1.40 bits per heavy atom. The molecule has 3 nitrogen and oxygen atoms in total. The van der Waals surface area contributed by atoms with E-state index in [1.807, 2.05) is 12.3 Å². The van der Waals surface area contributed by atoms with E-state index >= 15 is 0 Å². The maximum Gasteiger partial charge on any atom is 0.119 e. The third kappa shape index (κ3) is 2.85. The predicted octanol–water partition coefficient (Wildman–Crippen LogP) is 4.63. The van der Waals surface area contributed by atoms with Gasteiger partial charge in [0.05, 0.1) is 12.6 Å². The van der Waals surface area contributed by atoms with Gasteiger partial charge < -0.3 is 4.74 Å². The molecule has 0 aliphatic carbocycles. The van der Waals surface area contributed by atoms with Gasteiger partial charge in [0.1, 0.15) is 5.75 Å². The molecular formula is C22H28N2O. The largest absolute Gasteiger partial charge is 0.497 e. The summed E-state index contributed by atoms with van der Waals surface area (Å²) in [4.78, 5) is 7.26. The van der Waals surface area contributed by atoms with Gasteiger partial charge in [0, 0.05) is 30.1 Å². The van der Waals surface area contributed by atoms with Crippen molar-refractivity contribution < 1.29 is 4.74 Å². The number of nitrogens with zero attached hydrogens (tertiary/aromatic N) is 2. The van der Waals surface area contributed by atoms with E-state index in [0.29, 0.717) is 12.0 Å². The SMILES string of the molecule is C=C[C@@H](c1ccnc2ccc(OC)cc12)[C@@H]1C[C@@H]2CCN1C[C@@H]2CC. The highest BCUT2D eigenvalue weighted by Crippen LogP contribution is 2.44. The number of rotatable bonds is 5. The number of pyridine rings is 1. The van der Waals surface area contributed by atoms with Gasteiger partial charge in [-0.2, -0.15) is 0 Å². The summed E-state index contributed by atoms with van der Waals surface area (Å²) >= 11 is 0. The van der Waals surface area contributed by atoms with E-state index in [1.54, 1.807) is 7.11 Å².